The molecular formula is C10H21N5. The molecule has 0 spiro atoms. The third-order valence-electron chi connectivity index (χ3n) is 2.35. The molecule has 1 aromatic rings. The van der Waals surface area contributed by atoms with Gasteiger partial charge in [-0.05, 0) is 36.9 Å². The van der Waals surface area contributed by atoms with E-state index in [-0.39, 0.29) is 0 Å². The zero-order valence-corrected chi connectivity index (χ0v) is 9.98. The second-order valence-electron chi connectivity index (χ2n) is 3.91. The number of aromatic nitrogens is 4. The number of rotatable bonds is 7. The molecule has 15 heavy (non-hydrogen) atoms. The Morgan fingerprint density at radius 2 is 2.07 bits per heavy atom. The predicted octanol–water partition coefficient (Wildman–Crippen LogP) is 1.31. The van der Waals surface area contributed by atoms with Crippen LogP contribution in [0.25, 0.3) is 0 Å². The molecule has 1 rings (SSSR count). The first-order valence-corrected chi connectivity index (χ1v) is 5.71. The molecule has 0 unspecified atom stereocenters. The third kappa shape index (κ3) is 3.95. The van der Waals surface area contributed by atoms with Crippen molar-refractivity contribution in [3.05, 3.63) is 5.82 Å². The van der Waals surface area contributed by atoms with Gasteiger partial charge in [0.2, 0.25) is 0 Å². The predicted molar refractivity (Wildman–Crippen MR) is 59.4 cm³/mol. The number of hydrogen-bond donors (Lipinski definition) is 0. The molecule has 1 heterocycles. The Labute approximate surface area is 91.5 Å². The smallest absolute Gasteiger partial charge is 0.165 e. The zero-order valence-electron chi connectivity index (χ0n) is 9.98. The van der Waals surface area contributed by atoms with Gasteiger partial charge in [0.05, 0.1) is 6.54 Å². The third-order valence-corrected chi connectivity index (χ3v) is 2.35. The second-order valence-corrected chi connectivity index (χ2v) is 3.91. The maximum atomic E-state index is 4.04. The lowest BCUT2D eigenvalue weighted by atomic mass is 10.3. The van der Waals surface area contributed by atoms with Gasteiger partial charge in [-0.1, -0.05) is 20.3 Å². The lowest BCUT2D eigenvalue weighted by Crippen LogP contribution is -2.22. The van der Waals surface area contributed by atoms with E-state index in [0.29, 0.717) is 0 Å². The minimum atomic E-state index is 0.840. The summed E-state index contributed by atoms with van der Waals surface area (Å²) >= 11 is 0. The zero-order chi connectivity index (χ0) is 11.1. The van der Waals surface area contributed by atoms with Crippen molar-refractivity contribution < 1.29 is 0 Å². The van der Waals surface area contributed by atoms with Crippen LogP contribution in [0.15, 0.2) is 0 Å². The number of hydrogen-bond acceptors (Lipinski definition) is 4. The summed E-state index contributed by atoms with van der Waals surface area (Å²) in [6.07, 6.45) is 3.52. The molecule has 0 N–H and O–H groups in total. The Hall–Kier alpha value is -0.970. The van der Waals surface area contributed by atoms with E-state index in [1.165, 1.54) is 12.8 Å². The molecule has 0 bridgehead atoms. The van der Waals surface area contributed by atoms with Crippen molar-refractivity contribution in [1.82, 2.24) is 25.1 Å². The first-order chi connectivity index (χ1) is 7.27. The normalized spacial score (nSPS) is 11.2. The van der Waals surface area contributed by atoms with E-state index >= 15 is 0 Å². The Morgan fingerprint density at radius 1 is 1.27 bits per heavy atom. The molecule has 0 aromatic carbocycles. The van der Waals surface area contributed by atoms with Crippen LogP contribution < -0.4 is 0 Å². The van der Waals surface area contributed by atoms with Gasteiger partial charge in [0.15, 0.2) is 5.82 Å². The summed E-state index contributed by atoms with van der Waals surface area (Å²) in [6.45, 7) is 7.19. The van der Waals surface area contributed by atoms with E-state index in [1.807, 2.05) is 4.68 Å². The summed E-state index contributed by atoms with van der Waals surface area (Å²) in [6, 6.07) is 0. The molecule has 0 saturated carbocycles. The largest absolute Gasteiger partial charge is 0.299 e. The molecular weight excluding hydrogens is 190 g/mol. The number of unbranched alkanes of at least 4 members (excludes halogenated alkanes) is 1. The van der Waals surface area contributed by atoms with Gasteiger partial charge in [-0.15, -0.1) is 5.10 Å². The van der Waals surface area contributed by atoms with E-state index in [1.54, 1.807) is 0 Å². The van der Waals surface area contributed by atoms with Crippen molar-refractivity contribution in [3.8, 4) is 0 Å². The van der Waals surface area contributed by atoms with Gasteiger partial charge in [0.1, 0.15) is 0 Å². The number of tetrazole rings is 1. The molecule has 5 heteroatoms. The van der Waals surface area contributed by atoms with Crippen LogP contribution in [0, 0.1) is 0 Å². The lowest BCUT2D eigenvalue weighted by Gasteiger charge is -2.15. The van der Waals surface area contributed by atoms with Crippen molar-refractivity contribution in [3.63, 3.8) is 0 Å². The molecule has 86 valence electrons. The van der Waals surface area contributed by atoms with Gasteiger partial charge in [-0.25, -0.2) is 4.68 Å². The summed E-state index contributed by atoms with van der Waals surface area (Å²) < 4.78 is 1.89. The first-order valence-electron chi connectivity index (χ1n) is 5.71. The van der Waals surface area contributed by atoms with E-state index in [4.69, 9.17) is 0 Å². The number of aryl methyl sites for hydroxylation is 1. The summed E-state index contributed by atoms with van der Waals surface area (Å²) in [5, 5.41) is 11.7. The van der Waals surface area contributed by atoms with Crippen LogP contribution in [0.1, 0.15) is 38.9 Å². The molecule has 0 amide bonds. The average molecular weight is 211 g/mol. The number of nitrogens with zero attached hydrogens (tertiary/aromatic N) is 5. The fraction of sp³-hybridized carbons (Fsp3) is 0.900. The van der Waals surface area contributed by atoms with E-state index < -0.39 is 0 Å². The molecule has 0 fully saturated rings. The topological polar surface area (TPSA) is 46.8 Å². The Kier molecular flexibility index (Phi) is 5.25. The van der Waals surface area contributed by atoms with Crippen LogP contribution in [0.2, 0.25) is 0 Å². The van der Waals surface area contributed by atoms with Crippen LogP contribution in [0.4, 0.5) is 0 Å². The molecule has 0 atom stereocenters. The molecule has 0 aliphatic rings. The molecule has 0 aliphatic carbocycles. The highest BCUT2D eigenvalue weighted by molar-refractivity contribution is 4.80. The van der Waals surface area contributed by atoms with Gasteiger partial charge in [-0.3, -0.25) is 4.90 Å². The summed E-state index contributed by atoms with van der Waals surface area (Å²) in [4.78, 5) is 2.27. The summed E-state index contributed by atoms with van der Waals surface area (Å²) in [5.74, 6) is 0.968. The average Bonchev–Trinajstić information content (AvgIpc) is 2.63. The molecule has 0 saturated heterocycles. The van der Waals surface area contributed by atoms with Gasteiger partial charge in [0, 0.05) is 6.54 Å². The van der Waals surface area contributed by atoms with Crippen LogP contribution in [0.3, 0.4) is 0 Å². The summed E-state index contributed by atoms with van der Waals surface area (Å²) in [5.41, 5.74) is 0. The van der Waals surface area contributed by atoms with Crippen molar-refractivity contribution in [2.45, 2.75) is 46.2 Å². The van der Waals surface area contributed by atoms with Crippen molar-refractivity contribution in [1.29, 1.82) is 0 Å². The van der Waals surface area contributed by atoms with E-state index in [2.05, 4.69) is 41.3 Å². The van der Waals surface area contributed by atoms with Gasteiger partial charge in [-0.2, -0.15) is 0 Å². The van der Waals surface area contributed by atoms with Gasteiger partial charge < -0.3 is 0 Å². The van der Waals surface area contributed by atoms with Crippen molar-refractivity contribution in [2.75, 3.05) is 13.6 Å². The maximum Gasteiger partial charge on any atom is 0.165 e. The molecule has 0 radical (unpaired) electrons. The molecule has 0 aliphatic heterocycles. The summed E-state index contributed by atoms with van der Waals surface area (Å²) in [7, 11) is 2.11. The molecule has 5 nitrogen and oxygen atoms in total. The van der Waals surface area contributed by atoms with Gasteiger partial charge in [0.25, 0.3) is 0 Å². The highest BCUT2D eigenvalue weighted by atomic mass is 15.5. The van der Waals surface area contributed by atoms with Crippen LogP contribution in [-0.2, 0) is 13.1 Å². The highest BCUT2D eigenvalue weighted by Crippen LogP contribution is 2.00. The maximum absolute atomic E-state index is 4.04. The monoisotopic (exact) mass is 211 g/mol. The fourth-order valence-electron chi connectivity index (χ4n) is 1.47. The lowest BCUT2D eigenvalue weighted by molar-refractivity contribution is 0.304. The Morgan fingerprint density at radius 3 is 2.73 bits per heavy atom. The first kappa shape index (κ1) is 12.1. The van der Waals surface area contributed by atoms with Crippen molar-refractivity contribution >= 4 is 0 Å². The standard InChI is InChI=1S/C10H21N5/c1-4-6-8-14(3)9-10-11-12-13-15(10)7-5-2/h4-9H2,1-3H3. The Bertz CT molecular complexity index is 271. The van der Waals surface area contributed by atoms with E-state index in [0.717, 1.165) is 31.9 Å². The van der Waals surface area contributed by atoms with Crippen LogP contribution >= 0.6 is 0 Å². The van der Waals surface area contributed by atoms with Gasteiger partial charge >= 0.3 is 0 Å². The quantitative estimate of drug-likeness (QED) is 0.682. The molecule has 1 aromatic heterocycles. The van der Waals surface area contributed by atoms with Crippen LogP contribution in [0.5, 0.6) is 0 Å². The van der Waals surface area contributed by atoms with Crippen molar-refractivity contribution in [2.24, 2.45) is 0 Å². The highest BCUT2D eigenvalue weighted by Gasteiger charge is 2.07. The minimum absolute atomic E-state index is 0.840. The fourth-order valence-corrected chi connectivity index (χ4v) is 1.47. The van der Waals surface area contributed by atoms with E-state index in [9.17, 15) is 0 Å². The second kappa shape index (κ2) is 6.50. The SMILES string of the molecule is CCCCN(C)Cc1nnnn1CCC. The minimum Gasteiger partial charge on any atom is -0.299 e. The van der Waals surface area contributed by atoms with Crippen LogP contribution in [-0.4, -0.2) is 38.7 Å². The Balaban J connectivity index is 2.44.